The summed E-state index contributed by atoms with van der Waals surface area (Å²) < 4.78 is 10.3. The molecule has 0 fully saturated rings. The highest BCUT2D eigenvalue weighted by Crippen LogP contribution is 2.38. The molecule has 0 aliphatic heterocycles. The Hall–Kier alpha value is -1.90. The van der Waals surface area contributed by atoms with E-state index >= 15 is 0 Å². The first-order valence-electron chi connectivity index (χ1n) is 4.58. The standard InChI is InChI=1S/C12H11O3/c1-14-10-7-6-9(13)12-8(10)4-3-5-11(12)15-2/h3-7H,1-2H3. The second-order valence-corrected chi connectivity index (χ2v) is 3.15. The molecule has 0 heterocycles. The van der Waals surface area contributed by atoms with Crippen LogP contribution in [0.3, 0.4) is 0 Å². The lowest BCUT2D eigenvalue weighted by atomic mass is 10.1. The quantitative estimate of drug-likeness (QED) is 0.752. The van der Waals surface area contributed by atoms with Crippen molar-refractivity contribution in [2.45, 2.75) is 0 Å². The zero-order valence-corrected chi connectivity index (χ0v) is 8.61. The van der Waals surface area contributed by atoms with Crippen molar-refractivity contribution >= 4 is 10.8 Å². The number of methoxy groups -OCH3 is 2. The van der Waals surface area contributed by atoms with Crippen LogP contribution in [0.1, 0.15) is 0 Å². The molecule has 3 heteroatoms. The van der Waals surface area contributed by atoms with E-state index in [1.807, 2.05) is 12.1 Å². The highest BCUT2D eigenvalue weighted by molar-refractivity contribution is 5.97. The molecule has 0 saturated carbocycles. The van der Waals surface area contributed by atoms with Crippen LogP contribution in [0.15, 0.2) is 30.3 Å². The molecule has 2 aromatic carbocycles. The molecule has 0 amide bonds. The van der Waals surface area contributed by atoms with Crippen LogP contribution in [0, 0.1) is 0 Å². The van der Waals surface area contributed by atoms with Gasteiger partial charge in [-0.15, -0.1) is 0 Å². The maximum atomic E-state index is 11.7. The molecular weight excluding hydrogens is 192 g/mol. The van der Waals surface area contributed by atoms with Crippen molar-refractivity contribution in [3.05, 3.63) is 30.3 Å². The van der Waals surface area contributed by atoms with E-state index in [0.29, 0.717) is 16.9 Å². The van der Waals surface area contributed by atoms with Gasteiger partial charge in [-0.05, 0) is 18.2 Å². The third-order valence-corrected chi connectivity index (χ3v) is 2.36. The number of ether oxygens (including phenoxy) is 2. The van der Waals surface area contributed by atoms with Crippen molar-refractivity contribution in [3.8, 4) is 17.2 Å². The average molecular weight is 203 g/mol. The van der Waals surface area contributed by atoms with Gasteiger partial charge in [-0.2, -0.15) is 0 Å². The molecule has 0 bridgehead atoms. The predicted octanol–water partition coefficient (Wildman–Crippen LogP) is 3.00. The second kappa shape index (κ2) is 3.69. The van der Waals surface area contributed by atoms with E-state index in [9.17, 15) is 5.11 Å². The van der Waals surface area contributed by atoms with E-state index in [4.69, 9.17) is 9.47 Å². The molecular formula is C12H11O3. The minimum absolute atomic E-state index is 0.0525. The monoisotopic (exact) mass is 203 g/mol. The van der Waals surface area contributed by atoms with Gasteiger partial charge in [0.25, 0.3) is 0 Å². The summed E-state index contributed by atoms with van der Waals surface area (Å²) in [5, 5.41) is 13.0. The maximum Gasteiger partial charge on any atom is 0.190 e. The topological polar surface area (TPSA) is 38.4 Å². The predicted molar refractivity (Wildman–Crippen MR) is 57.2 cm³/mol. The third-order valence-electron chi connectivity index (χ3n) is 2.36. The number of fused-ring (bicyclic) bond motifs is 1. The summed E-state index contributed by atoms with van der Waals surface area (Å²) in [6.45, 7) is 0. The van der Waals surface area contributed by atoms with E-state index < -0.39 is 0 Å². The first-order chi connectivity index (χ1) is 7.27. The van der Waals surface area contributed by atoms with Gasteiger partial charge in [0.1, 0.15) is 11.5 Å². The molecule has 3 nitrogen and oxygen atoms in total. The van der Waals surface area contributed by atoms with Crippen molar-refractivity contribution < 1.29 is 14.6 Å². The lowest BCUT2D eigenvalue weighted by Crippen LogP contribution is -1.88. The summed E-state index contributed by atoms with van der Waals surface area (Å²) >= 11 is 0. The summed E-state index contributed by atoms with van der Waals surface area (Å²) in [6.07, 6.45) is 0. The summed E-state index contributed by atoms with van der Waals surface area (Å²) in [6, 6.07) is 8.61. The van der Waals surface area contributed by atoms with Crippen LogP contribution in [-0.4, -0.2) is 14.2 Å². The SMILES string of the molecule is COc1ccc([O])c2c(OC)cccc12. The lowest BCUT2D eigenvalue weighted by Gasteiger charge is -2.09. The van der Waals surface area contributed by atoms with Gasteiger partial charge < -0.3 is 9.47 Å². The second-order valence-electron chi connectivity index (χ2n) is 3.15. The van der Waals surface area contributed by atoms with Gasteiger partial charge in [0, 0.05) is 5.39 Å². The zero-order valence-electron chi connectivity index (χ0n) is 8.61. The normalized spacial score (nSPS) is 10.3. The fourth-order valence-electron chi connectivity index (χ4n) is 1.66. The maximum absolute atomic E-state index is 11.7. The van der Waals surface area contributed by atoms with Crippen molar-refractivity contribution in [2.75, 3.05) is 14.2 Å². The Kier molecular flexibility index (Phi) is 2.37. The van der Waals surface area contributed by atoms with Crippen LogP contribution < -0.4 is 9.47 Å². The van der Waals surface area contributed by atoms with Gasteiger partial charge in [0.05, 0.1) is 19.6 Å². The van der Waals surface area contributed by atoms with E-state index in [1.165, 1.54) is 6.07 Å². The fourth-order valence-corrected chi connectivity index (χ4v) is 1.66. The molecule has 0 aliphatic rings. The largest absolute Gasteiger partial charge is 0.496 e. The van der Waals surface area contributed by atoms with Crippen LogP contribution in [0.4, 0.5) is 0 Å². The van der Waals surface area contributed by atoms with Crippen molar-refractivity contribution in [1.82, 2.24) is 0 Å². The molecule has 0 unspecified atom stereocenters. The fraction of sp³-hybridized carbons (Fsp3) is 0.167. The number of hydrogen-bond acceptors (Lipinski definition) is 2. The van der Waals surface area contributed by atoms with E-state index in [0.717, 1.165) is 5.39 Å². The minimum Gasteiger partial charge on any atom is -0.496 e. The summed E-state index contributed by atoms with van der Waals surface area (Å²) in [7, 11) is 3.13. The molecule has 0 saturated heterocycles. The Morgan fingerprint density at radius 3 is 2.33 bits per heavy atom. The molecule has 77 valence electrons. The van der Waals surface area contributed by atoms with E-state index in [1.54, 1.807) is 26.4 Å². The number of hydrogen-bond donors (Lipinski definition) is 0. The van der Waals surface area contributed by atoms with Gasteiger partial charge >= 0.3 is 0 Å². The molecule has 1 radical (unpaired) electrons. The Bertz CT molecular complexity index is 491. The minimum atomic E-state index is -0.0525. The van der Waals surface area contributed by atoms with Crippen LogP contribution in [0.2, 0.25) is 0 Å². The zero-order chi connectivity index (χ0) is 10.8. The lowest BCUT2D eigenvalue weighted by molar-refractivity contribution is 0.355. The smallest absolute Gasteiger partial charge is 0.190 e. The summed E-state index contributed by atoms with van der Waals surface area (Å²) in [5.41, 5.74) is 0. The Balaban J connectivity index is 2.86. The van der Waals surface area contributed by atoms with Crippen molar-refractivity contribution in [3.63, 3.8) is 0 Å². The van der Waals surface area contributed by atoms with Gasteiger partial charge in [-0.25, -0.2) is 0 Å². The van der Waals surface area contributed by atoms with E-state index in [-0.39, 0.29) is 5.75 Å². The first-order valence-corrected chi connectivity index (χ1v) is 4.58. The Morgan fingerprint density at radius 1 is 0.933 bits per heavy atom. The average Bonchev–Trinajstić information content (AvgIpc) is 2.29. The first kappa shape index (κ1) is 9.65. The van der Waals surface area contributed by atoms with Gasteiger partial charge in [0.2, 0.25) is 0 Å². The molecule has 15 heavy (non-hydrogen) atoms. The van der Waals surface area contributed by atoms with E-state index in [2.05, 4.69) is 0 Å². The third kappa shape index (κ3) is 1.46. The highest BCUT2D eigenvalue weighted by Gasteiger charge is 2.11. The molecule has 0 N–H and O–H groups in total. The van der Waals surface area contributed by atoms with Gasteiger partial charge in [-0.1, -0.05) is 12.1 Å². The summed E-state index contributed by atoms with van der Waals surface area (Å²) in [5.74, 6) is 1.21. The van der Waals surface area contributed by atoms with Crippen LogP contribution in [-0.2, 0) is 5.11 Å². The van der Waals surface area contributed by atoms with Gasteiger partial charge in [0.15, 0.2) is 5.75 Å². The van der Waals surface area contributed by atoms with Crippen LogP contribution in [0.5, 0.6) is 17.2 Å². The van der Waals surface area contributed by atoms with Crippen LogP contribution in [0.25, 0.3) is 10.8 Å². The Labute approximate surface area is 87.9 Å². The molecule has 0 aromatic heterocycles. The Morgan fingerprint density at radius 2 is 1.67 bits per heavy atom. The molecule has 0 atom stereocenters. The van der Waals surface area contributed by atoms with Crippen molar-refractivity contribution in [1.29, 1.82) is 0 Å². The highest BCUT2D eigenvalue weighted by atomic mass is 16.5. The molecule has 0 spiro atoms. The molecule has 0 aliphatic carbocycles. The van der Waals surface area contributed by atoms with Crippen LogP contribution >= 0.6 is 0 Å². The number of benzene rings is 2. The van der Waals surface area contributed by atoms with Gasteiger partial charge in [-0.3, -0.25) is 5.11 Å². The summed E-state index contributed by atoms with van der Waals surface area (Å²) in [4.78, 5) is 0. The molecule has 2 aromatic rings. The van der Waals surface area contributed by atoms with Crippen molar-refractivity contribution in [2.24, 2.45) is 0 Å². The molecule has 2 rings (SSSR count). The number of rotatable bonds is 2.